The highest BCUT2D eigenvalue weighted by molar-refractivity contribution is 5.82. The van der Waals surface area contributed by atoms with Crippen LogP contribution in [-0.2, 0) is 4.74 Å². The van der Waals surface area contributed by atoms with Crippen molar-refractivity contribution in [3.63, 3.8) is 0 Å². The fourth-order valence-electron chi connectivity index (χ4n) is 3.03. The van der Waals surface area contributed by atoms with Crippen molar-refractivity contribution in [2.75, 3.05) is 13.2 Å². The summed E-state index contributed by atoms with van der Waals surface area (Å²) in [6, 6.07) is 8.11. The van der Waals surface area contributed by atoms with E-state index < -0.39 is 5.60 Å². The van der Waals surface area contributed by atoms with Gasteiger partial charge in [-0.25, -0.2) is 0 Å². The van der Waals surface area contributed by atoms with Crippen LogP contribution in [0.1, 0.15) is 37.6 Å². The highest BCUT2D eigenvalue weighted by atomic mass is 16.5. The molecule has 21 heavy (non-hydrogen) atoms. The molecule has 1 aliphatic rings. The second-order valence-electron chi connectivity index (χ2n) is 6.06. The molecule has 114 valence electrons. The number of hydrogen-bond donors (Lipinski definition) is 2. The molecule has 3 rings (SSSR count). The molecule has 1 saturated heterocycles. The Morgan fingerprint density at radius 3 is 2.86 bits per heavy atom. The van der Waals surface area contributed by atoms with E-state index in [0.29, 0.717) is 19.6 Å². The first-order valence-corrected chi connectivity index (χ1v) is 7.56. The van der Waals surface area contributed by atoms with Gasteiger partial charge in [-0.2, -0.15) is 0 Å². The zero-order valence-electron chi connectivity index (χ0n) is 12.8. The summed E-state index contributed by atoms with van der Waals surface area (Å²) in [5.41, 5.74) is 1.29. The lowest BCUT2D eigenvalue weighted by Crippen LogP contribution is -2.46. The van der Waals surface area contributed by atoms with E-state index in [4.69, 9.17) is 9.15 Å². The molecule has 1 aromatic carbocycles. The van der Waals surface area contributed by atoms with Gasteiger partial charge in [0.15, 0.2) is 0 Å². The molecule has 0 saturated carbocycles. The fraction of sp³-hybridized carbons (Fsp3) is 0.529. The molecule has 2 heterocycles. The van der Waals surface area contributed by atoms with Gasteiger partial charge in [0.25, 0.3) is 0 Å². The highest BCUT2D eigenvalue weighted by Crippen LogP contribution is 2.30. The largest absolute Gasteiger partial charge is 0.459 e. The molecular formula is C17H23NO3. The summed E-state index contributed by atoms with van der Waals surface area (Å²) in [4.78, 5) is 0. The first kappa shape index (κ1) is 14.6. The van der Waals surface area contributed by atoms with E-state index in [1.807, 2.05) is 25.1 Å². The molecule has 2 aromatic rings. The van der Waals surface area contributed by atoms with Crippen LogP contribution in [0.2, 0.25) is 0 Å². The quantitative estimate of drug-likeness (QED) is 0.908. The van der Waals surface area contributed by atoms with Crippen LogP contribution in [0.3, 0.4) is 0 Å². The normalized spacial score (nSPS) is 27.3. The maximum absolute atomic E-state index is 10.5. The van der Waals surface area contributed by atoms with Gasteiger partial charge < -0.3 is 19.6 Å². The van der Waals surface area contributed by atoms with Crippen LogP contribution in [0, 0.1) is 6.92 Å². The zero-order chi connectivity index (χ0) is 15.0. The summed E-state index contributed by atoms with van der Waals surface area (Å²) in [7, 11) is 0. The number of para-hydroxylation sites is 1. The second-order valence-corrected chi connectivity index (χ2v) is 6.06. The van der Waals surface area contributed by atoms with Gasteiger partial charge in [-0.05, 0) is 32.4 Å². The number of benzene rings is 1. The van der Waals surface area contributed by atoms with Gasteiger partial charge in [-0.1, -0.05) is 18.2 Å². The number of rotatable bonds is 4. The maximum atomic E-state index is 10.5. The van der Waals surface area contributed by atoms with Crippen molar-refractivity contribution < 1.29 is 14.3 Å². The zero-order valence-corrected chi connectivity index (χ0v) is 12.8. The van der Waals surface area contributed by atoms with E-state index in [1.165, 1.54) is 0 Å². The Hall–Kier alpha value is -1.36. The smallest absolute Gasteiger partial charge is 0.134 e. The van der Waals surface area contributed by atoms with Crippen LogP contribution >= 0.6 is 0 Å². The van der Waals surface area contributed by atoms with Crippen molar-refractivity contribution in [1.29, 1.82) is 0 Å². The van der Waals surface area contributed by atoms with Crippen LogP contribution in [0.4, 0.5) is 0 Å². The molecule has 2 N–H and O–H groups in total. The Morgan fingerprint density at radius 2 is 2.19 bits per heavy atom. The number of aliphatic hydroxyl groups is 1. The third-order valence-corrected chi connectivity index (χ3v) is 4.65. The van der Waals surface area contributed by atoms with Crippen molar-refractivity contribution in [3.05, 3.63) is 35.6 Å². The summed E-state index contributed by atoms with van der Waals surface area (Å²) in [6.07, 6.45) is 0.543. The molecule has 1 aliphatic heterocycles. The highest BCUT2D eigenvalue weighted by Gasteiger charge is 2.39. The second kappa shape index (κ2) is 5.44. The van der Waals surface area contributed by atoms with E-state index in [-0.39, 0.29) is 12.1 Å². The van der Waals surface area contributed by atoms with Gasteiger partial charge in [0.05, 0.1) is 12.1 Å². The van der Waals surface area contributed by atoms with Gasteiger partial charge in [0.2, 0.25) is 0 Å². The van der Waals surface area contributed by atoms with Crippen LogP contribution in [0.5, 0.6) is 0 Å². The lowest BCUT2D eigenvalue weighted by atomic mass is 9.96. The third-order valence-electron chi connectivity index (χ3n) is 4.65. The Labute approximate surface area is 125 Å². The lowest BCUT2D eigenvalue weighted by molar-refractivity contribution is -0.0277. The molecule has 0 spiro atoms. The SMILES string of the molecule is Cc1c(C(C)NCC2(O)CCOC2C)oc2ccccc12. The number of fused-ring (bicyclic) bond motifs is 1. The number of nitrogens with one attached hydrogen (secondary N) is 1. The van der Waals surface area contributed by atoms with Crippen LogP contribution in [-0.4, -0.2) is 30.0 Å². The molecule has 3 atom stereocenters. The molecule has 0 radical (unpaired) electrons. The summed E-state index contributed by atoms with van der Waals surface area (Å²) < 4.78 is 11.4. The molecule has 1 fully saturated rings. The minimum absolute atomic E-state index is 0.0502. The molecule has 0 bridgehead atoms. The van der Waals surface area contributed by atoms with Crippen LogP contribution in [0.15, 0.2) is 28.7 Å². The van der Waals surface area contributed by atoms with E-state index in [9.17, 15) is 5.11 Å². The van der Waals surface area contributed by atoms with Crippen molar-refractivity contribution in [2.45, 2.75) is 44.9 Å². The first-order valence-electron chi connectivity index (χ1n) is 7.56. The van der Waals surface area contributed by atoms with Crippen molar-refractivity contribution in [3.8, 4) is 0 Å². The van der Waals surface area contributed by atoms with E-state index in [0.717, 1.165) is 22.3 Å². The van der Waals surface area contributed by atoms with Crippen LogP contribution < -0.4 is 5.32 Å². The fourth-order valence-corrected chi connectivity index (χ4v) is 3.03. The monoisotopic (exact) mass is 289 g/mol. The summed E-state index contributed by atoms with van der Waals surface area (Å²) >= 11 is 0. The predicted octanol–water partition coefficient (Wildman–Crippen LogP) is 2.93. The Bertz CT molecular complexity index is 636. The third kappa shape index (κ3) is 2.59. The van der Waals surface area contributed by atoms with Gasteiger partial charge in [-0.15, -0.1) is 0 Å². The Kier molecular flexibility index (Phi) is 3.78. The molecule has 4 nitrogen and oxygen atoms in total. The van der Waals surface area contributed by atoms with Crippen LogP contribution in [0.25, 0.3) is 11.0 Å². The molecule has 4 heteroatoms. The average molecular weight is 289 g/mol. The Balaban J connectivity index is 1.75. The van der Waals surface area contributed by atoms with Crippen molar-refractivity contribution in [2.24, 2.45) is 0 Å². The summed E-state index contributed by atoms with van der Waals surface area (Å²) in [5, 5.41) is 15.1. The number of aryl methyl sites for hydroxylation is 1. The number of ether oxygens (including phenoxy) is 1. The number of furan rings is 1. The summed E-state index contributed by atoms with van der Waals surface area (Å²) in [6.45, 7) is 7.19. The molecule has 0 amide bonds. The van der Waals surface area contributed by atoms with Gasteiger partial charge >= 0.3 is 0 Å². The van der Waals surface area contributed by atoms with Gasteiger partial charge in [-0.3, -0.25) is 0 Å². The topological polar surface area (TPSA) is 54.6 Å². The standard InChI is InChI=1S/C17H23NO3/c1-11-14-6-4-5-7-15(14)21-16(11)12(2)18-10-17(19)8-9-20-13(17)3/h4-7,12-13,18-19H,8-10H2,1-3H3. The maximum Gasteiger partial charge on any atom is 0.134 e. The predicted molar refractivity (Wildman–Crippen MR) is 82.3 cm³/mol. The first-order chi connectivity index (χ1) is 10.0. The average Bonchev–Trinajstić information content (AvgIpc) is 2.99. The minimum Gasteiger partial charge on any atom is -0.459 e. The lowest BCUT2D eigenvalue weighted by Gasteiger charge is -2.27. The molecule has 1 aromatic heterocycles. The van der Waals surface area contributed by atoms with E-state index in [2.05, 4.69) is 25.2 Å². The minimum atomic E-state index is -0.784. The van der Waals surface area contributed by atoms with Crippen molar-refractivity contribution in [1.82, 2.24) is 5.32 Å². The molecule has 0 aliphatic carbocycles. The molecule has 3 unspecified atom stereocenters. The molecular weight excluding hydrogens is 266 g/mol. The van der Waals surface area contributed by atoms with E-state index in [1.54, 1.807) is 0 Å². The van der Waals surface area contributed by atoms with Crippen molar-refractivity contribution >= 4 is 11.0 Å². The van der Waals surface area contributed by atoms with Gasteiger partial charge in [0, 0.05) is 25.0 Å². The Morgan fingerprint density at radius 1 is 1.43 bits per heavy atom. The summed E-state index contributed by atoms with van der Waals surface area (Å²) in [5.74, 6) is 0.936. The van der Waals surface area contributed by atoms with E-state index >= 15 is 0 Å². The number of hydrogen-bond acceptors (Lipinski definition) is 4. The van der Waals surface area contributed by atoms with Gasteiger partial charge in [0.1, 0.15) is 16.9 Å².